The van der Waals surface area contributed by atoms with E-state index < -0.39 is 17.4 Å². The van der Waals surface area contributed by atoms with E-state index in [1.807, 2.05) is 0 Å². The normalized spacial score (nSPS) is 11.0. The molecule has 0 atom stereocenters. The Morgan fingerprint density at radius 2 is 1.29 bits per heavy atom. The molecule has 2 N–H and O–H groups in total. The van der Waals surface area contributed by atoms with Crippen LogP contribution in [-0.4, -0.2) is 22.2 Å². The number of carbonyl (C=O) groups is 2. The Bertz CT molecular complexity index is 286. The van der Waals surface area contributed by atoms with Gasteiger partial charge in [0.2, 0.25) is 0 Å². The summed E-state index contributed by atoms with van der Waals surface area (Å²) in [6.07, 6.45) is 8.66. The average molecular weight is 310 g/mol. The molecular weight excluding hydrogens is 279 g/mol. The molecule has 0 amide bonds. The Labute approximate surface area is 152 Å². The standard InChI is InChI=1S/C16H30O4.Na.H/c1-3-5-7-9-11-16(15(19)20,13-14(17)18)12-10-8-6-4-2;;/h3-13H2,1-2H3,(H,17,18)(H,19,20);;/q;+1;-1. The zero-order valence-corrected chi connectivity index (χ0v) is 16.0. The van der Waals surface area contributed by atoms with Crippen LogP contribution in [0.1, 0.15) is 85.9 Å². The minimum atomic E-state index is -1.06. The summed E-state index contributed by atoms with van der Waals surface area (Å²) in [5.74, 6) is -1.94. The summed E-state index contributed by atoms with van der Waals surface area (Å²) in [5.41, 5.74) is -1.06. The third kappa shape index (κ3) is 10.3. The van der Waals surface area contributed by atoms with Crippen LogP contribution < -0.4 is 29.6 Å². The number of carboxylic acid groups (broad SMARTS) is 2. The fourth-order valence-corrected chi connectivity index (χ4v) is 2.66. The van der Waals surface area contributed by atoms with Crippen molar-refractivity contribution >= 4 is 11.9 Å². The number of rotatable bonds is 13. The number of aliphatic carboxylic acids is 2. The van der Waals surface area contributed by atoms with E-state index in [9.17, 15) is 14.7 Å². The minimum absolute atomic E-state index is 0. The van der Waals surface area contributed by atoms with Crippen molar-refractivity contribution in [3.8, 4) is 0 Å². The quantitative estimate of drug-likeness (QED) is 0.400. The van der Waals surface area contributed by atoms with Crippen molar-refractivity contribution in [1.82, 2.24) is 0 Å². The molecule has 0 saturated heterocycles. The third-order valence-corrected chi connectivity index (χ3v) is 3.96. The molecule has 5 heteroatoms. The topological polar surface area (TPSA) is 74.6 Å². The van der Waals surface area contributed by atoms with Gasteiger partial charge in [0, 0.05) is 0 Å². The number of carboxylic acids is 2. The van der Waals surface area contributed by atoms with Crippen molar-refractivity contribution in [2.75, 3.05) is 0 Å². The van der Waals surface area contributed by atoms with Crippen molar-refractivity contribution in [1.29, 1.82) is 0 Å². The van der Waals surface area contributed by atoms with E-state index in [-0.39, 0.29) is 37.4 Å². The summed E-state index contributed by atoms with van der Waals surface area (Å²) in [5, 5.41) is 18.6. The minimum Gasteiger partial charge on any atom is -1.00 e. The van der Waals surface area contributed by atoms with Gasteiger partial charge < -0.3 is 11.6 Å². The molecule has 0 bridgehead atoms. The van der Waals surface area contributed by atoms with Gasteiger partial charge in [-0.05, 0) is 12.8 Å². The molecule has 0 aliphatic heterocycles. The summed E-state index contributed by atoms with van der Waals surface area (Å²) >= 11 is 0. The first-order chi connectivity index (χ1) is 9.48. The Kier molecular flexibility index (Phi) is 15.0. The fraction of sp³-hybridized carbons (Fsp3) is 0.875. The second-order valence-electron chi connectivity index (χ2n) is 5.78. The molecule has 0 spiro atoms. The van der Waals surface area contributed by atoms with Gasteiger partial charge in [-0.2, -0.15) is 0 Å². The summed E-state index contributed by atoms with van der Waals surface area (Å²) in [6.45, 7) is 4.21. The molecule has 0 unspecified atom stereocenters. The molecule has 0 fully saturated rings. The number of unbranched alkanes of at least 4 members (excludes halogenated alkanes) is 6. The first kappa shape index (κ1) is 23.2. The van der Waals surface area contributed by atoms with E-state index in [4.69, 9.17) is 5.11 Å². The van der Waals surface area contributed by atoms with Crippen LogP contribution in [0.15, 0.2) is 0 Å². The van der Waals surface area contributed by atoms with Gasteiger partial charge in [-0.3, -0.25) is 9.59 Å². The molecule has 0 aromatic carbocycles. The van der Waals surface area contributed by atoms with Crippen molar-refractivity contribution in [2.45, 2.75) is 84.5 Å². The van der Waals surface area contributed by atoms with Crippen LogP contribution >= 0.6 is 0 Å². The molecule has 0 heterocycles. The first-order valence-corrected chi connectivity index (χ1v) is 7.93. The van der Waals surface area contributed by atoms with E-state index in [2.05, 4.69) is 13.8 Å². The molecule has 0 aromatic rings. The van der Waals surface area contributed by atoms with Gasteiger partial charge in [0.05, 0.1) is 11.8 Å². The molecule has 120 valence electrons. The Balaban J connectivity index is -0.00000180. The summed E-state index contributed by atoms with van der Waals surface area (Å²) in [4.78, 5) is 22.7. The average Bonchev–Trinajstić information content (AvgIpc) is 2.38. The van der Waals surface area contributed by atoms with Gasteiger partial charge in [0.15, 0.2) is 0 Å². The maximum atomic E-state index is 11.6. The number of hydrogen-bond acceptors (Lipinski definition) is 2. The molecule has 21 heavy (non-hydrogen) atoms. The van der Waals surface area contributed by atoms with Crippen LogP contribution in [-0.2, 0) is 9.59 Å². The summed E-state index contributed by atoms with van der Waals surface area (Å²) < 4.78 is 0. The first-order valence-electron chi connectivity index (χ1n) is 7.93. The summed E-state index contributed by atoms with van der Waals surface area (Å²) in [7, 11) is 0. The van der Waals surface area contributed by atoms with Gasteiger partial charge in [0.25, 0.3) is 0 Å². The van der Waals surface area contributed by atoms with Crippen LogP contribution in [0.4, 0.5) is 0 Å². The van der Waals surface area contributed by atoms with E-state index in [1.165, 1.54) is 0 Å². The van der Waals surface area contributed by atoms with E-state index in [0.717, 1.165) is 51.4 Å². The van der Waals surface area contributed by atoms with Gasteiger partial charge >= 0.3 is 41.5 Å². The molecule has 0 saturated carbocycles. The van der Waals surface area contributed by atoms with Crippen LogP contribution in [0.2, 0.25) is 0 Å². The van der Waals surface area contributed by atoms with Gasteiger partial charge in [-0.15, -0.1) is 0 Å². The third-order valence-electron chi connectivity index (χ3n) is 3.96. The zero-order valence-electron chi connectivity index (χ0n) is 15.0. The second-order valence-corrected chi connectivity index (χ2v) is 5.78. The molecular formula is C16H31NaO4. The molecule has 4 nitrogen and oxygen atoms in total. The van der Waals surface area contributed by atoms with Crippen LogP contribution in [0.5, 0.6) is 0 Å². The maximum absolute atomic E-state index is 11.6. The van der Waals surface area contributed by atoms with Crippen molar-refractivity contribution < 1.29 is 50.8 Å². The van der Waals surface area contributed by atoms with Crippen LogP contribution in [0, 0.1) is 5.41 Å². The smallest absolute Gasteiger partial charge is 1.00 e. The Hall–Kier alpha value is -0.0600. The Morgan fingerprint density at radius 3 is 1.57 bits per heavy atom. The monoisotopic (exact) mass is 310 g/mol. The molecule has 0 aliphatic rings. The van der Waals surface area contributed by atoms with E-state index in [1.54, 1.807) is 0 Å². The van der Waals surface area contributed by atoms with Gasteiger partial charge in [-0.25, -0.2) is 0 Å². The Morgan fingerprint density at radius 1 is 0.857 bits per heavy atom. The van der Waals surface area contributed by atoms with Crippen molar-refractivity contribution in [3.05, 3.63) is 0 Å². The molecule has 0 aromatic heterocycles. The zero-order chi connectivity index (χ0) is 15.4. The molecule has 0 rings (SSSR count). The molecule has 0 radical (unpaired) electrons. The van der Waals surface area contributed by atoms with Gasteiger partial charge in [0.1, 0.15) is 0 Å². The van der Waals surface area contributed by atoms with Crippen molar-refractivity contribution in [2.24, 2.45) is 5.41 Å². The van der Waals surface area contributed by atoms with Crippen molar-refractivity contribution in [3.63, 3.8) is 0 Å². The fourth-order valence-electron chi connectivity index (χ4n) is 2.66. The molecule has 0 aliphatic carbocycles. The predicted molar refractivity (Wildman–Crippen MR) is 81.0 cm³/mol. The predicted octanol–water partition coefficient (Wildman–Crippen LogP) is 1.59. The van der Waals surface area contributed by atoms with E-state index in [0.29, 0.717) is 12.8 Å². The number of hydrogen-bond donors (Lipinski definition) is 2. The largest absolute Gasteiger partial charge is 1.00 e. The van der Waals surface area contributed by atoms with Gasteiger partial charge in [-0.1, -0.05) is 65.2 Å². The van der Waals surface area contributed by atoms with E-state index >= 15 is 0 Å². The second kappa shape index (κ2) is 13.6. The maximum Gasteiger partial charge on any atom is 1.00 e. The summed E-state index contributed by atoms with van der Waals surface area (Å²) in [6, 6.07) is 0. The van der Waals surface area contributed by atoms with Crippen LogP contribution in [0.25, 0.3) is 0 Å². The van der Waals surface area contributed by atoms with Crippen LogP contribution in [0.3, 0.4) is 0 Å². The SMILES string of the molecule is CCCCCCC(CCCCCC)(CC(=O)O)C(=O)O.[H-].[Na+].